The molecule has 0 saturated carbocycles. The van der Waals surface area contributed by atoms with E-state index in [1.54, 1.807) is 24.3 Å². The van der Waals surface area contributed by atoms with Crippen molar-refractivity contribution in [2.75, 3.05) is 6.54 Å². The molecule has 0 heterocycles. The number of nitriles is 1. The first-order valence-corrected chi connectivity index (χ1v) is 5.97. The van der Waals surface area contributed by atoms with Crippen molar-refractivity contribution in [1.82, 2.24) is 5.32 Å². The van der Waals surface area contributed by atoms with Gasteiger partial charge >= 0.3 is 0 Å². The van der Waals surface area contributed by atoms with E-state index in [9.17, 15) is 4.79 Å². The third-order valence-electron chi connectivity index (χ3n) is 2.08. The van der Waals surface area contributed by atoms with E-state index in [0.717, 1.165) is 6.42 Å². The first kappa shape index (κ1) is 12.7. The Morgan fingerprint density at radius 3 is 3.00 bits per heavy atom. The molecule has 1 atom stereocenters. The van der Waals surface area contributed by atoms with Crippen molar-refractivity contribution in [2.24, 2.45) is 0 Å². The number of hydrogen-bond donors (Lipinski definition) is 1. The lowest BCUT2D eigenvalue weighted by Gasteiger charge is -2.06. The maximum absolute atomic E-state index is 11.7. The molecule has 1 rings (SSSR count). The molecule has 0 aliphatic heterocycles. The highest BCUT2D eigenvalue weighted by Gasteiger charge is 2.05. The van der Waals surface area contributed by atoms with Gasteiger partial charge in [-0.15, -0.1) is 0 Å². The molecule has 84 valence electrons. The average molecular weight is 281 g/mol. The van der Waals surface area contributed by atoms with Gasteiger partial charge in [0.1, 0.15) is 0 Å². The Kier molecular flexibility index (Phi) is 5.00. The van der Waals surface area contributed by atoms with Crippen molar-refractivity contribution in [1.29, 1.82) is 5.26 Å². The van der Waals surface area contributed by atoms with Gasteiger partial charge in [0, 0.05) is 16.9 Å². The number of carbonyl (C=O) groups excluding carboxylic acids is 1. The zero-order chi connectivity index (χ0) is 12.0. The van der Waals surface area contributed by atoms with E-state index in [1.165, 1.54) is 0 Å². The van der Waals surface area contributed by atoms with Crippen molar-refractivity contribution in [3.63, 3.8) is 0 Å². The molecule has 0 fully saturated rings. The fourth-order valence-electron chi connectivity index (χ4n) is 1.22. The fraction of sp³-hybridized carbons (Fsp3) is 0.333. The molecule has 4 heteroatoms. The van der Waals surface area contributed by atoms with E-state index in [0.29, 0.717) is 22.5 Å². The first-order valence-electron chi connectivity index (χ1n) is 5.06. The lowest BCUT2D eigenvalue weighted by atomic mass is 10.1. The zero-order valence-electron chi connectivity index (χ0n) is 9.03. The predicted molar refractivity (Wildman–Crippen MR) is 66.5 cm³/mol. The van der Waals surface area contributed by atoms with E-state index < -0.39 is 0 Å². The van der Waals surface area contributed by atoms with Gasteiger partial charge in [0.25, 0.3) is 5.91 Å². The summed E-state index contributed by atoms with van der Waals surface area (Å²) in [4.78, 5) is 12.0. The highest BCUT2D eigenvalue weighted by molar-refractivity contribution is 9.09. The Bertz CT molecular complexity index is 410. The van der Waals surface area contributed by atoms with Crippen LogP contribution in [0.2, 0.25) is 0 Å². The Morgan fingerprint density at radius 1 is 1.62 bits per heavy atom. The maximum atomic E-state index is 11.7. The van der Waals surface area contributed by atoms with E-state index in [1.807, 2.05) is 13.0 Å². The third-order valence-corrected chi connectivity index (χ3v) is 2.54. The zero-order valence-corrected chi connectivity index (χ0v) is 10.6. The number of alkyl halides is 1. The monoisotopic (exact) mass is 280 g/mol. The van der Waals surface area contributed by atoms with Gasteiger partial charge in [-0.05, 0) is 24.6 Å². The van der Waals surface area contributed by atoms with Gasteiger partial charge in [-0.3, -0.25) is 4.79 Å². The first-order chi connectivity index (χ1) is 7.63. The summed E-state index contributed by atoms with van der Waals surface area (Å²) >= 11 is 3.41. The maximum Gasteiger partial charge on any atom is 0.251 e. The van der Waals surface area contributed by atoms with Gasteiger partial charge in [0.2, 0.25) is 0 Å². The van der Waals surface area contributed by atoms with Crippen LogP contribution in [0.5, 0.6) is 0 Å². The molecule has 3 nitrogen and oxygen atoms in total. The van der Waals surface area contributed by atoms with E-state index in [4.69, 9.17) is 5.26 Å². The third kappa shape index (κ3) is 4.03. The van der Waals surface area contributed by atoms with Gasteiger partial charge in [0.05, 0.1) is 11.6 Å². The topological polar surface area (TPSA) is 52.9 Å². The summed E-state index contributed by atoms with van der Waals surface area (Å²) in [6.07, 6.45) is 0.879. The highest BCUT2D eigenvalue weighted by Crippen LogP contribution is 2.05. The summed E-state index contributed by atoms with van der Waals surface area (Å²) in [6.45, 7) is 2.66. The fourth-order valence-corrected chi connectivity index (χ4v) is 1.45. The molecule has 16 heavy (non-hydrogen) atoms. The molecular weight excluding hydrogens is 268 g/mol. The molecule has 0 radical (unpaired) electrons. The van der Waals surface area contributed by atoms with Crippen molar-refractivity contribution in [2.45, 2.75) is 18.2 Å². The lowest BCUT2D eigenvalue weighted by molar-refractivity contribution is 0.0953. The molecule has 0 saturated heterocycles. The number of amides is 1. The summed E-state index contributed by atoms with van der Waals surface area (Å²) in [5.74, 6) is -0.134. The summed E-state index contributed by atoms with van der Waals surface area (Å²) in [6, 6.07) is 8.69. The minimum atomic E-state index is -0.134. The van der Waals surface area contributed by atoms with E-state index >= 15 is 0 Å². The number of hydrogen-bond acceptors (Lipinski definition) is 2. The Labute approximate surface area is 104 Å². The number of rotatable bonds is 4. The molecule has 0 spiro atoms. The number of carbonyl (C=O) groups is 1. The van der Waals surface area contributed by atoms with E-state index in [2.05, 4.69) is 21.2 Å². The largest absolute Gasteiger partial charge is 0.352 e. The van der Waals surface area contributed by atoms with Crippen LogP contribution in [0.25, 0.3) is 0 Å². The number of benzene rings is 1. The Hall–Kier alpha value is -1.34. The predicted octanol–water partition coefficient (Wildman–Crippen LogP) is 2.46. The number of halogens is 1. The highest BCUT2D eigenvalue weighted by atomic mass is 79.9. The van der Waals surface area contributed by atoms with Crippen molar-refractivity contribution in [3.8, 4) is 6.07 Å². The van der Waals surface area contributed by atoms with Gasteiger partial charge in [-0.1, -0.05) is 28.9 Å². The van der Waals surface area contributed by atoms with Gasteiger partial charge in [-0.25, -0.2) is 0 Å². The van der Waals surface area contributed by atoms with Crippen LogP contribution in [-0.2, 0) is 0 Å². The van der Waals surface area contributed by atoms with Crippen LogP contribution in [0.3, 0.4) is 0 Å². The van der Waals surface area contributed by atoms with Crippen LogP contribution in [0.15, 0.2) is 24.3 Å². The second kappa shape index (κ2) is 6.29. The quantitative estimate of drug-likeness (QED) is 0.862. The van der Waals surface area contributed by atoms with Crippen molar-refractivity contribution in [3.05, 3.63) is 35.4 Å². The molecule has 0 bridgehead atoms. The van der Waals surface area contributed by atoms with E-state index in [-0.39, 0.29) is 5.91 Å². The van der Waals surface area contributed by atoms with Gasteiger partial charge < -0.3 is 5.32 Å². The molecular formula is C12H13BrN2O. The molecule has 0 aliphatic carbocycles. The number of nitrogens with one attached hydrogen (secondary N) is 1. The van der Waals surface area contributed by atoms with Crippen LogP contribution in [0.4, 0.5) is 0 Å². The average Bonchev–Trinajstić information content (AvgIpc) is 2.28. The minimum Gasteiger partial charge on any atom is -0.352 e. The van der Waals surface area contributed by atoms with Gasteiger partial charge in [0.15, 0.2) is 0 Å². The molecule has 0 aliphatic rings. The summed E-state index contributed by atoms with van der Waals surface area (Å²) < 4.78 is 0. The number of nitrogens with zero attached hydrogens (tertiary/aromatic N) is 1. The van der Waals surface area contributed by atoms with Crippen LogP contribution < -0.4 is 5.32 Å². The Morgan fingerprint density at radius 2 is 2.38 bits per heavy atom. The molecule has 1 aromatic carbocycles. The van der Waals surface area contributed by atoms with Crippen molar-refractivity contribution < 1.29 is 4.79 Å². The van der Waals surface area contributed by atoms with Crippen molar-refractivity contribution >= 4 is 21.8 Å². The van der Waals surface area contributed by atoms with Crippen LogP contribution in [0, 0.1) is 11.3 Å². The second-order valence-electron chi connectivity index (χ2n) is 3.52. The molecule has 1 N–H and O–H groups in total. The summed E-state index contributed by atoms with van der Waals surface area (Å²) in [5.41, 5.74) is 1.03. The Balaban J connectivity index is 2.56. The summed E-state index contributed by atoms with van der Waals surface area (Å²) in [7, 11) is 0. The van der Waals surface area contributed by atoms with Crippen LogP contribution in [0.1, 0.15) is 29.3 Å². The van der Waals surface area contributed by atoms with Gasteiger partial charge in [-0.2, -0.15) is 5.26 Å². The molecule has 0 aromatic heterocycles. The minimum absolute atomic E-state index is 0.134. The molecule has 1 aromatic rings. The standard InChI is InChI=1S/C12H13BrN2O/c1-9(13)5-6-15-12(16)11-4-2-3-10(7-11)8-14/h2-4,7,9H,5-6H2,1H3,(H,15,16). The summed E-state index contributed by atoms with van der Waals surface area (Å²) in [5, 5.41) is 11.5. The SMILES string of the molecule is CC(Br)CCNC(=O)c1cccc(C#N)c1. The lowest BCUT2D eigenvalue weighted by Crippen LogP contribution is -2.25. The second-order valence-corrected chi connectivity index (χ2v) is 5.08. The molecule has 1 unspecified atom stereocenters. The molecule has 1 amide bonds. The van der Waals surface area contributed by atoms with Crippen LogP contribution >= 0.6 is 15.9 Å². The smallest absolute Gasteiger partial charge is 0.251 e. The normalized spacial score (nSPS) is 11.6. The van der Waals surface area contributed by atoms with Crippen LogP contribution in [-0.4, -0.2) is 17.3 Å².